The van der Waals surface area contributed by atoms with Crippen molar-refractivity contribution in [3.63, 3.8) is 0 Å². The number of nitrogens with zero attached hydrogens (tertiary/aromatic N) is 2. The van der Waals surface area contributed by atoms with Crippen molar-refractivity contribution < 1.29 is 9.53 Å². The van der Waals surface area contributed by atoms with E-state index in [9.17, 15) is 4.79 Å². The van der Waals surface area contributed by atoms with E-state index in [1.165, 1.54) is 19.3 Å². The molecule has 3 aliphatic heterocycles. The molecule has 1 aliphatic carbocycles. The Labute approximate surface area is 112 Å². The van der Waals surface area contributed by atoms with E-state index in [-0.39, 0.29) is 12.1 Å². The fourth-order valence-corrected chi connectivity index (χ4v) is 3.83. The van der Waals surface area contributed by atoms with Gasteiger partial charge in [-0.1, -0.05) is 6.08 Å². The van der Waals surface area contributed by atoms with Gasteiger partial charge in [-0.25, -0.2) is 0 Å². The van der Waals surface area contributed by atoms with Crippen molar-refractivity contribution in [2.75, 3.05) is 13.1 Å². The standard InChI is InChI=1S/C14H19N3O2/c15-14(18)9-1-2-11-7-17-10-3-4-12(5-10)19-13(17)8-16(11)6-9/h1-2,6,10-13H,3-5,7-8H2,(H2,15,18). The summed E-state index contributed by atoms with van der Waals surface area (Å²) < 4.78 is 6.14. The maximum Gasteiger partial charge on any atom is 0.250 e. The number of piperazine rings is 1. The number of carbonyl (C=O) groups is 1. The molecule has 1 saturated carbocycles. The average Bonchev–Trinajstić information content (AvgIpc) is 2.79. The van der Waals surface area contributed by atoms with Crippen LogP contribution in [0.2, 0.25) is 0 Å². The summed E-state index contributed by atoms with van der Waals surface area (Å²) in [6.45, 7) is 1.82. The highest BCUT2D eigenvalue weighted by atomic mass is 16.5. The summed E-state index contributed by atoms with van der Waals surface area (Å²) in [5.74, 6) is -0.359. The molecule has 4 atom stereocenters. The van der Waals surface area contributed by atoms with Gasteiger partial charge in [-0.2, -0.15) is 0 Å². The van der Waals surface area contributed by atoms with Gasteiger partial charge in [-0.15, -0.1) is 0 Å². The molecule has 3 fully saturated rings. The smallest absolute Gasteiger partial charge is 0.250 e. The molecule has 3 heterocycles. The first kappa shape index (κ1) is 11.5. The van der Waals surface area contributed by atoms with Gasteiger partial charge in [0.2, 0.25) is 5.91 Å². The molecule has 0 spiro atoms. The van der Waals surface area contributed by atoms with Crippen LogP contribution in [0.25, 0.3) is 0 Å². The molecule has 2 N–H and O–H groups in total. The highest BCUT2D eigenvalue weighted by Gasteiger charge is 2.45. The molecule has 0 aromatic heterocycles. The van der Waals surface area contributed by atoms with Gasteiger partial charge in [0.25, 0.3) is 0 Å². The molecule has 5 nitrogen and oxygen atoms in total. The Balaban J connectivity index is 1.57. The fourth-order valence-electron chi connectivity index (χ4n) is 3.83. The van der Waals surface area contributed by atoms with Gasteiger partial charge in [0.15, 0.2) is 0 Å². The summed E-state index contributed by atoms with van der Waals surface area (Å²) in [5, 5.41) is 0. The van der Waals surface area contributed by atoms with E-state index < -0.39 is 0 Å². The predicted molar refractivity (Wildman–Crippen MR) is 69.9 cm³/mol. The summed E-state index contributed by atoms with van der Waals surface area (Å²) in [6, 6.07) is 1.04. The van der Waals surface area contributed by atoms with E-state index in [0.29, 0.717) is 23.8 Å². The van der Waals surface area contributed by atoms with Gasteiger partial charge in [-0.05, 0) is 25.3 Å². The van der Waals surface area contributed by atoms with Gasteiger partial charge in [0, 0.05) is 18.8 Å². The average molecular weight is 261 g/mol. The number of rotatable bonds is 1. The summed E-state index contributed by atoms with van der Waals surface area (Å²) in [7, 11) is 0. The largest absolute Gasteiger partial charge is 0.366 e. The van der Waals surface area contributed by atoms with E-state index in [2.05, 4.69) is 15.9 Å². The lowest BCUT2D eigenvalue weighted by atomic mass is 10.0. The summed E-state index contributed by atoms with van der Waals surface area (Å²) >= 11 is 0. The number of nitrogens with two attached hydrogens (primary N) is 1. The van der Waals surface area contributed by atoms with Crippen LogP contribution in [0.15, 0.2) is 23.9 Å². The van der Waals surface area contributed by atoms with Gasteiger partial charge in [0.1, 0.15) is 6.23 Å². The quantitative estimate of drug-likeness (QED) is 0.732. The van der Waals surface area contributed by atoms with Crippen molar-refractivity contribution in [1.29, 1.82) is 0 Å². The number of carbonyl (C=O) groups excluding carboxylic acids is 1. The zero-order valence-corrected chi connectivity index (χ0v) is 10.9. The van der Waals surface area contributed by atoms with Crippen molar-refractivity contribution >= 4 is 5.91 Å². The van der Waals surface area contributed by atoms with Crippen LogP contribution in [-0.4, -0.2) is 53.2 Å². The lowest BCUT2D eigenvalue weighted by molar-refractivity contribution is -0.167. The van der Waals surface area contributed by atoms with E-state index in [1.807, 2.05) is 12.3 Å². The maximum atomic E-state index is 11.3. The summed E-state index contributed by atoms with van der Waals surface area (Å²) in [5.41, 5.74) is 5.93. The van der Waals surface area contributed by atoms with Gasteiger partial charge in [-0.3, -0.25) is 9.69 Å². The van der Waals surface area contributed by atoms with E-state index in [1.54, 1.807) is 0 Å². The second kappa shape index (κ2) is 4.08. The monoisotopic (exact) mass is 261 g/mol. The van der Waals surface area contributed by atoms with Crippen molar-refractivity contribution in [2.45, 2.75) is 43.7 Å². The number of amides is 1. The van der Waals surface area contributed by atoms with Crippen molar-refractivity contribution in [3.05, 3.63) is 23.9 Å². The Hall–Kier alpha value is -1.33. The number of fused-ring (bicyclic) bond motifs is 5. The van der Waals surface area contributed by atoms with Gasteiger partial charge >= 0.3 is 0 Å². The number of hydrogen-bond acceptors (Lipinski definition) is 4. The van der Waals surface area contributed by atoms with E-state index in [0.717, 1.165) is 13.1 Å². The number of ether oxygens (including phenoxy) is 1. The third-order valence-corrected chi connectivity index (χ3v) is 4.82. The molecule has 4 unspecified atom stereocenters. The van der Waals surface area contributed by atoms with Crippen molar-refractivity contribution in [2.24, 2.45) is 5.73 Å². The minimum absolute atomic E-state index is 0.180. The zero-order valence-electron chi connectivity index (χ0n) is 10.9. The molecule has 4 rings (SSSR count). The van der Waals surface area contributed by atoms with Crippen molar-refractivity contribution in [1.82, 2.24) is 9.80 Å². The molecule has 2 saturated heterocycles. The SMILES string of the molecule is NC(=O)C1=CN2CC3OC4CCC(C4)N3CC2C=C1. The van der Waals surface area contributed by atoms with Crippen molar-refractivity contribution in [3.8, 4) is 0 Å². The first-order chi connectivity index (χ1) is 9.20. The Morgan fingerprint density at radius 3 is 3.11 bits per heavy atom. The Morgan fingerprint density at radius 1 is 1.37 bits per heavy atom. The third kappa shape index (κ3) is 1.80. The zero-order chi connectivity index (χ0) is 13.0. The number of hydrogen-bond donors (Lipinski definition) is 1. The molecule has 0 aromatic rings. The lowest BCUT2D eigenvalue weighted by Crippen LogP contribution is -2.62. The van der Waals surface area contributed by atoms with Crippen LogP contribution in [0.1, 0.15) is 19.3 Å². The minimum atomic E-state index is -0.359. The van der Waals surface area contributed by atoms with E-state index in [4.69, 9.17) is 10.5 Å². The Morgan fingerprint density at radius 2 is 2.26 bits per heavy atom. The molecule has 0 aromatic carbocycles. The molecule has 4 aliphatic rings. The lowest BCUT2D eigenvalue weighted by Gasteiger charge is -2.50. The van der Waals surface area contributed by atoms with Gasteiger partial charge < -0.3 is 15.4 Å². The van der Waals surface area contributed by atoms with Crippen LogP contribution in [0.4, 0.5) is 0 Å². The second-order valence-electron chi connectivity index (χ2n) is 5.95. The predicted octanol–water partition coefficient (Wildman–Crippen LogP) is 0.189. The molecule has 2 bridgehead atoms. The molecule has 19 heavy (non-hydrogen) atoms. The third-order valence-electron chi connectivity index (χ3n) is 4.82. The summed E-state index contributed by atoms with van der Waals surface area (Å²) in [6.07, 6.45) is 10.1. The first-order valence-corrected chi connectivity index (χ1v) is 7.07. The number of primary amides is 1. The maximum absolute atomic E-state index is 11.3. The Bertz CT molecular complexity index is 473. The van der Waals surface area contributed by atoms with Gasteiger partial charge in [0.05, 0.1) is 24.3 Å². The molecular formula is C14H19N3O2. The molecule has 102 valence electrons. The van der Waals surface area contributed by atoms with Crippen LogP contribution in [-0.2, 0) is 9.53 Å². The topological polar surface area (TPSA) is 58.8 Å². The van der Waals surface area contributed by atoms with Crippen LogP contribution < -0.4 is 5.73 Å². The highest BCUT2D eigenvalue weighted by molar-refractivity contribution is 5.94. The van der Waals surface area contributed by atoms with Crippen LogP contribution in [0.5, 0.6) is 0 Å². The second-order valence-corrected chi connectivity index (χ2v) is 5.95. The van der Waals surface area contributed by atoms with Crippen LogP contribution >= 0.6 is 0 Å². The Kier molecular flexibility index (Phi) is 2.47. The normalized spacial score (nSPS) is 40.6. The highest BCUT2D eigenvalue weighted by Crippen LogP contribution is 2.37. The van der Waals surface area contributed by atoms with Crippen LogP contribution in [0, 0.1) is 0 Å². The molecular weight excluding hydrogens is 242 g/mol. The molecule has 0 radical (unpaired) electrons. The minimum Gasteiger partial charge on any atom is -0.366 e. The van der Waals surface area contributed by atoms with Crippen LogP contribution in [0.3, 0.4) is 0 Å². The fraction of sp³-hybridized carbons (Fsp3) is 0.643. The first-order valence-electron chi connectivity index (χ1n) is 7.07. The summed E-state index contributed by atoms with van der Waals surface area (Å²) in [4.78, 5) is 16.0. The molecule has 5 heteroatoms. The van der Waals surface area contributed by atoms with E-state index >= 15 is 0 Å². The molecule has 1 amide bonds.